The van der Waals surface area contributed by atoms with Gasteiger partial charge in [0.15, 0.2) is 4.67 Å². The van der Waals surface area contributed by atoms with Crippen LogP contribution >= 0.6 is 31.9 Å². The molecule has 2 heterocycles. The van der Waals surface area contributed by atoms with E-state index in [0.29, 0.717) is 0 Å². The van der Waals surface area contributed by atoms with Gasteiger partial charge in [0.25, 0.3) is 0 Å². The molecule has 0 spiro atoms. The summed E-state index contributed by atoms with van der Waals surface area (Å²) in [5.41, 5.74) is 0. The lowest BCUT2D eigenvalue weighted by Gasteiger charge is -2.26. The van der Waals surface area contributed by atoms with E-state index in [4.69, 9.17) is 4.42 Å². The van der Waals surface area contributed by atoms with Crippen molar-refractivity contribution in [3.63, 3.8) is 0 Å². The van der Waals surface area contributed by atoms with Crippen LogP contribution in [0.1, 0.15) is 25.0 Å². The fourth-order valence-electron chi connectivity index (χ4n) is 2.11. The molecule has 1 N–H and O–H groups in total. The Hall–Kier alpha value is 0.160. The molecule has 0 unspecified atom stereocenters. The summed E-state index contributed by atoms with van der Waals surface area (Å²) in [6.07, 6.45) is 4.12. The molecule has 0 amide bonds. The summed E-state index contributed by atoms with van der Waals surface area (Å²) in [6, 6.07) is 2.00. The van der Waals surface area contributed by atoms with Gasteiger partial charge in [-0.05, 0) is 63.9 Å². The van der Waals surface area contributed by atoms with Crippen LogP contribution in [0.15, 0.2) is 19.6 Å². The van der Waals surface area contributed by atoms with Crippen LogP contribution in [0.2, 0.25) is 0 Å². The zero-order chi connectivity index (χ0) is 12.1. The molecule has 0 aliphatic carbocycles. The molecule has 0 atom stereocenters. The summed E-state index contributed by atoms with van der Waals surface area (Å²) in [5.74, 6) is 0.961. The lowest BCUT2D eigenvalue weighted by atomic mass is 10.1. The van der Waals surface area contributed by atoms with Crippen LogP contribution in [-0.2, 0) is 6.54 Å². The normalized spacial score (nSPS) is 17.5. The Morgan fingerprint density at radius 3 is 2.65 bits per heavy atom. The third kappa shape index (κ3) is 4.39. The average molecular weight is 366 g/mol. The van der Waals surface area contributed by atoms with Crippen LogP contribution in [-0.4, -0.2) is 31.1 Å². The molecule has 0 saturated carbocycles. The van der Waals surface area contributed by atoms with Gasteiger partial charge in [0.1, 0.15) is 5.76 Å². The molecule has 96 valence electrons. The van der Waals surface area contributed by atoms with Gasteiger partial charge in [-0.15, -0.1) is 0 Å². The molecule has 1 aliphatic rings. The van der Waals surface area contributed by atoms with Crippen molar-refractivity contribution < 1.29 is 4.42 Å². The maximum absolute atomic E-state index is 5.50. The fourth-order valence-corrected chi connectivity index (χ4v) is 2.77. The quantitative estimate of drug-likeness (QED) is 0.811. The van der Waals surface area contributed by atoms with Crippen molar-refractivity contribution in [3.05, 3.63) is 21.0 Å². The van der Waals surface area contributed by atoms with Crippen molar-refractivity contribution in [2.45, 2.75) is 25.8 Å². The Bertz CT molecular complexity index is 329. The van der Waals surface area contributed by atoms with E-state index in [-0.39, 0.29) is 0 Å². The molecule has 2 rings (SSSR count). The summed E-state index contributed by atoms with van der Waals surface area (Å²) >= 11 is 6.75. The first-order valence-electron chi connectivity index (χ1n) is 6.12. The molecule has 1 aromatic rings. The van der Waals surface area contributed by atoms with E-state index >= 15 is 0 Å². The first-order valence-corrected chi connectivity index (χ1v) is 7.71. The largest absolute Gasteiger partial charge is 0.452 e. The van der Waals surface area contributed by atoms with Gasteiger partial charge >= 0.3 is 0 Å². The third-order valence-corrected chi connectivity index (χ3v) is 4.76. The van der Waals surface area contributed by atoms with E-state index in [1.807, 2.05) is 6.07 Å². The van der Waals surface area contributed by atoms with Crippen molar-refractivity contribution in [2.24, 2.45) is 0 Å². The van der Waals surface area contributed by atoms with Crippen LogP contribution in [0.25, 0.3) is 0 Å². The molecule has 0 radical (unpaired) electrons. The Kier molecular flexibility index (Phi) is 5.53. The molecular formula is C12H18Br2N2O. The molecule has 1 aliphatic heterocycles. The van der Waals surface area contributed by atoms with E-state index in [0.717, 1.165) is 34.5 Å². The van der Waals surface area contributed by atoms with Gasteiger partial charge in [0, 0.05) is 13.1 Å². The van der Waals surface area contributed by atoms with Gasteiger partial charge in [0.2, 0.25) is 0 Å². The van der Waals surface area contributed by atoms with E-state index in [1.165, 1.54) is 32.4 Å². The molecule has 0 aromatic carbocycles. The second kappa shape index (κ2) is 6.92. The van der Waals surface area contributed by atoms with Crippen LogP contribution in [0.4, 0.5) is 0 Å². The summed E-state index contributed by atoms with van der Waals surface area (Å²) < 4.78 is 7.25. The van der Waals surface area contributed by atoms with Gasteiger partial charge < -0.3 is 14.6 Å². The van der Waals surface area contributed by atoms with Crippen molar-refractivity contribution in [1.82, 2.24) is 10.2 Å². The van der Waals surface area contributed by atoms with Crippen molar-refractivity contribution in [2.75, 3.05) is 26.2 Å². The van der Waals surface area contributed by atoms with Gasteiger partial charge in [-0.2, -0.15) is 0 Å². The first kappa shape index (κ1) is 13.6. The number of nitrogens with one attached hydrogen (secondary N) is 1. The molecule has 3 nitrogen and oxygen atoms in total. The van der Waals surface area contributed by atoms with E-state index in [1.54, 1.807) is 0 Å². The van der Waals surface area contributed by atoms with Crippen LogP contribution in [0.5, 0.6) is 0 Å². The highest BCUT2D eigenvalue weighted by Gasteiger charge is 2.09. The predicted molar refractivity (Wildman–Crippen MR) is 76.1 cm³/mol. The number of likely N-dealkylation sites (tertiary alicyclic amines) is 1. The predicted octanol–water partition coefficient (Wildman–Crippen LogP) is 3.38. The smallest absolute Gasteiger partial charge is 0.183 e. The van der Waals surface area contributed by atoms with Crippen molar-refractivity contribution >= 4 is 31.9 Å². The first-order chi connectivity index (χ1) is 8.25. The number of hydrogen-bond donors (Lipinski definition) is 1. The second-order valence-electron chi connectivity index (χ2n) is 4.41. The van der Waals surface area contributed by atoms with E-state index in [2.05, 4.69) is 42.1 Å². The number of hydrogen-bond acceptors (Lipinski definition) is 3. The maximum atomic E-state index is 5.50. The van der Waals surface area contributed by atoms with Crippen LogP contribution < -0.4 is 5.32 Å². The van der Waals surface area contributed by atoms with Gasteiger partial charge in [-0.3, -0.25) is 0 Å². The highest BCUT2D eigenvalue weighted by atomic mass is 79.9. The second-order valence-corrected chi connectivity index (χ2v) is 5.99. The lowest BCUT2D eigenvalue weighted by molar-refractivity contribution is 0.228. The number of halogens is 2. The van der Waals surface area contributed by atoms with E-state index < -0.39 is 0 Å². The number of piperidine rings is 1. The van der Waals surface area contributed by atoms with E-state index in [9.17, 15) is 0 Å². The number of furan rings is 1. The Balaban J connectivity index is 1.62. The molecule has 17 heavy (non-hydrogen) atoms. The average Bonchev–Trinajstić information content (AvgIpc) is 2.66. The molecule has 1 aromatic heterocycles. The minimum atomic E-state index is 0.769. The zero-order valence-electron chi connectivity index (χ0n) is 9.85. The van der Waals surface area contributed by atoms with Gasteiger partial charge in [0.05, 0.1) is 11.0 Å². The molecule has 0 bridgehead atoms. The number of rotatable bonds is 5. The topological polar surface area (TPSA) is 28.4 Å². The monoisotopic (exact) mass is 364 g/mol. The summed E-state index contributed by atoms with van der Waals surface area (Å²) in [5, 5.41) is 3.41. The molecule has 1 saturated heterocycles. The highest BCUT2D eigenvalue weighted by molar-refractivity contribution is 9.13. The molecule has 1 fully saturated rings. The summed E-state index contributed by atoms with van der Waals surface area (Å²) in [6.45, 7) is 5.48. The van der Waals surface area contributed by atoms with Gasteiger partial charge in [-0.1, -0.05) is 6.42 Å². The fraction of sp³-hybridized carbons (Fsp3) is 0.667. The summed E-state index contributed by atoms with van der Waals surface area (Å²) in [7, 11) is 0. The Labute approximate surface area is 119 Å². The number of nitrogens with zero attached hydrogens (tertiary/aromatic N) is 1. The highest BCUT2D eigenvalue weighted by Crippen LogP contribution is 2.26. The molecule has 5 heteroatoms. The maximum Gasteiger partial charge on any atom is 0.183 e. The Morgan fingerprint density at radius 1 is 1.24 bits per heavy atom. The van der Waals surface area contributed by atoms with Crippen LogP contribution in [0, 0.1) is 0 Å². The third-order valence-electron chi connectivity index (χ3n) is 3.05. The minimum Gasteiger partial charge on any atom is -0.452 e. The summed E-state index contributed by atoms with van der Waals surface area (Å²) in [4.78, 5) is 2.53. The van der Waals surface area contributed by atoms with Crippen LogP contribution in [0.3, 0.4) is 0 Å². The van der Waals surface area contributed by atoms with Crippen molar-refractivity contribution in [1.29, 1.82) is 0 Å². The van der Waals surface area contributed by atoms with Crippen molar-refractivity contribution in [3.8, 4) is 0 Å². The Morgan fingerprint density at radius 2 is 2.00 bits per heavy atom. The SMILES string of the molecule is Brc1cc(CNCCN2CCCCC2)oc1Br. The van der Waals surface area contributed by atoms with Gasteiger partial charge in [-0.25, -0.2) is 0 Å². The molecular weight excluding hydrogens is 348 g/mol. The zero-order valence-corrected chi connectivity index (χ0v) is 13.0. The minimum absolute atomic E-state index is 0.769. The standard InChI is InChI=1S/C12H18Br2N2O/c13-11-8-10(17-12(11)14)9-15-4-7-16-5-2-1-3-6-16/h8,15H,1-7,9H2. The lowest BCUT2D eigenvalue weighted by Crippen LogP contribution is -2.35.